The fraction of sp³-hybridized carbons (Fsp3) is 0.333. The lowest BCUT2D eigenvalue weighted by Gasteiger charge is -2.08. The fourth-order valence-corrected chi connectivity index (χ4v) is 2.70. The van der Waals surface area contributed by atoms with Gasteiger partial charge in [0, 0.05) is 42.7 Å². The molecule has 0 atom stereocenters. The Kier molecular flexibility index (Phi) is 4.63. The SMILES string of the molecule is O=C(NCCCn1cccn1)Nc1ccc(-c2n[nH]c(C3CC3)n2)cc1. The number of rotatable bonds is 7. The van der Waals surface area contributed by atoms with Crippen LogP contribution in [0.2, 0.25) is 0 Å². The third kappa shape index (κ3) is 4.08. The smallest absolute Gasteiger partial charge is 0.319 e. The van der Waals surface area contributed by atoms with Crippen molar-refractivity contribution in [3.8, 4) is 11.4 Å². The minimum absolute atomic E-state index is 0.216. The first kappa shape index (κ1) is 16.3. The number of anilines is 1. The Morgan fingerprint density at radius 1 is 1.27 bits per heavy atom. The highest BCUT2D eigenvalue weighted by molar-refractivity contribution is 5.89. The second-order valence-corrected chi connectivity index (χ2v) is 6.40. The van der Waals surface area contributed by atoms with Crippen LogP contribution in [0.5, 0.6) is 0 Å². The van der Waals surface area contributed by atoms with E-state index in [0.717, 1.165) is 30.0 Å². The zero-order valence-electron chi connectivity index (χ0n) is 14.4. The van der Waals surface area contributed by atoms with E-state index in [9.17, 15) is 4.79 Å². The summed E-state index contributed by atoms with van der Waals surface area (Å²) in [5.74, 6) is 2.22. The minimum Gasteiger partial charge on any atom is -0.338 e. The van der Waals surface area contributed by atoms with Gasteiger partial charge in [0.1, 0.15) is 5.82 Å². The largest absolute Gasteiger partial charge is 0.338 e. The molecule has 134 valence electrons. The molecule has 0 spiro atoms. The van der Waals surface area contributed by atoms with Crippen LogP contribution in [0.15, 0.2) is 42.7 Å². The topological polar surface area (TPSA) is 101 Å². The molecule has 2 heterocycles. The van der Waals surface area contributed by atoms with Crippen LogP contribution in [-0.2, 0) is 6.54 Å². The van der Waals surface area contributed by atoms with Gasteiger partial charge in [0.2, 0.25) is 0 Å². The summed E-state index contributed by atoms with van der Waals surface area (Å²) in [5, 5.41) is 17.1. The molecule has 2 amide bonds. The molecule has 0 aliphatic heterocycles. The van der Waals surface area contributed by atoms with Crippen molar-refractivity contribution in [2.75, 3.05) is 11.9 Å². The van der Waals surface area contributed by atoms with Gasteiger partial charge in [-0.2, -0.15) is 10.2 Å². The first-order valence-corrected chi connectivity index (χ1v) is 8.83. The second kappa shape index (κ2) is 7.38. The molecule has 0 radical (unpaired) electrons. The van der Waals surface area contributed by atoms with E-state index in [2.05, 4.69) is 30.9 Å². The Hall–Kier alpha value is -3.16. The number of nitrogens with zero attached hydrogens (tertiary/aromatic N) is 4. The first-order chi connectivity index (χ1) is 12.8. The molecule has 2 aromatic heterocycles. The summed E-state index contributed by atoms with van der Waals surface area (Å²) in [4.78, 5) is 16.5. The van der Waals surface area contributed by atoms with Gasteiger partial charge in [-0.15, -0.1) is 0 Å². The summed E-state index contributed by atoms with van der Waals surface area (Å²) in [6, 6.07) is 9.19. The van der Waals surface area contributed by atoms with E-state index in [0.29, 0.717) is 18.3 Å². The van der Waals surface area contributed by atoms with E-state index in [1.165, 1.54) is 12.8 Å². The zero-order valence-corrected chi connectivity index (χ0v) is 14.4. The average Bonchev–Trinajstić information content (AvgIpc) is 3.17. The number of nitrogens with one attached hydrogen (secondary N) is 3. The van der Waals surface area contributed by atoms with Crippen LogP contribution in [-0.4, -0.2) is 37.5 Å². The lowest BCUT2D eigenvalue weighted by molar-refractivity contribution is 0.251. The normalized spacial score (nSPS) is 13.5. The molecule has 0 bridgehead atoms. The summed E-state index contributed by atoms with van der Waals surface area (Å²) in [5.41, 5.74) is 1.66. The summed E-state index contributed by atoms with van der Waals surface area (Å²) in [6.07, 6.45) is 6.85. The molecular weight excluding hydrogens is 330 g/mol. The maximum Gasteiger partial charge on any atom is 0.319 e. The molecule has 8 nitrogen and oxygen atoms in total. The quantitative estimate of drug-likeness (QED) is 0.570. The molecule has 1 aliphatic carbocycles. The van der Waals surface area contributed by atoms with Gasteiger partial charge in [-0.1, -0.05) is 0 Å². The minimum atomic E-state index is -0.216. The maximum atomic E-state index is 11.9. The molecular formula is C18H21N7O. The number of carbonyl (C=O) groups is 1. The van der Waals surface area contributed by atoms with Crippen LogP contribution in [0.3, 0.4) is 0 Å². The molecule has 1 fully saturated rings. The van der Waals surface area contributed by atoms with E-state index in [1.807, 2.05) is 41.2 Å². The van der Waals surface area contributed by atoms with Gasteiger partial charge in [0.25, 0.3) is 0 Å². The predicted octanol–water partition coefficient (Wildman–Crippen LogP) is 2.76. The number of benzene rings is 1. The predicted molar refractivity (Wildman–Crippen MR) is 97.7 cm³/mol. The summed E-state index contributed by atoms with van der Waals surface area (Å²) in [6.45, 7) is 1.37. The zero-order chi connectivity index (χ0) is 17.8. The van der Waals surface area contributed by atoms with Crippen molar-refractivity contribution in [3.63, 3.8) is 0 Å². The van der Waals surface area contributed by atoms with Gasteiger partial charge in [0.05, 0.1) is 0 Å². The highest BCUT2D eigenvalue weighted by Gasteiger charge is 2.27. The monoisotopic (exact) mass is 351 g/mol. The van der Waals surface area contributed by atoms with Crippen LogP contribution in [0.25, 0.3) is 11.4 Å². The number of H-pyrrole nitrogens is 1. The molecule has 1 aromatic carbocycles. The third-order valence-electron chi connectivity index (χ3n) is 4.28. The van der Waals surface area contributed by atoms with Crippen LogP contribution in [0.1, 0.15) is 31.0 Å². The average molecular weight is 351 g/mol. The van der Waals surface area contributed by atoms with Crippen LogP contribution in [0.4, 0.5) is 10.5 Å². The van der Waals surface area contributed by atoms with Crippen molar-refractivity contribution < 1.29 is 4.79 Å². The molecule has 3 aromatic rings. The molecule has 0 saturated heterocycles. The van der Waals surface area contributed by atoms with Gasteiger partial charge in [-0.3, -0.25) is 9.78 Å². The second-order valence-electron chi connectivity index (χ2n) is 6.40. The molecule has 1 aliphatic rings. The molecule has 8 heteroatoms. The summed E-state index contributed by atoms with van der Waals surface area (Å²) >= 11 is 0. The fourth-order valence-electron chi connectivity index (χ4n) is 2.70. The van der Waals surface area contributed by atoms with Gasteiger partial charge < -0.3 is 10.6 Å². The van der Waals surface area contributed by atoms with Crippen LogP contribution < -0.4 is 10.6 Å². The first-order valence-electron chi connectivity index (χ1n) is 8.83. The number of aryl methyl sites for hydroxylation is 1. The van der Waals surface area contributed by atoms with Crippen molar-refractivity contribution >= 4 is 11.7 Å². The highest BCUT2D eigenvalue weighted by atomic mass is 16.2. The standard InChI is InChI=1S/C18H21N7O/c26-18(19-9-1-11-25-12-2-10-20-25)21-15-7-5-14(6-8-15)17-22-16(23-24-17)13-3-4-13/h2,5-8,10,12-13H,1,3-4,9,11H2,(H2,19,21,26)(H,22,23,24). The Morgan fingerprint density at radius 2 is 2.12 bits per heavy atom. The van der Waals surface area contributed by atoms with E-state index in [1.54, 1.807) is 6.20 Å². The molecule has 0 unspecified atom stereocenters. The van der Waals surface area contributed by atoms with Crippen LogP contribution in [0, 0.1) is 0 Å². The number of hydrogen-bond acceptors (Lipinski definition) is 4. The number of hydrogen-bond donors (Lipinski definition) is 3. The highest BCUT2D eigenvalue weighted by Crippen LogP contribution is 2.38. The van der Waals surface area contributed by atoms with E-state index in [-0.39, 0.29) is 6.03 Å². The number of aromatic amines is 1. The van der Waals surface area contributed by atoms with Crippen molar-refractivity contribution in [3.05, 3.63) is 48.5 Å². The van der Waals surface area contributed by atoms with Crippen molar-refractivity contribution in [2.24, 2.45) is 0 Å². The third-order valence-corrected chi connectivity index (χ3v) is 4.28. The van der Waals surface area contributed by atoms with E-state index >= 15 is 0 Å². The Balaban J connectivity index is 1.24. The van der Waals surface area contributed by atoms with E-state index < -0.39 is 0 Å². The van der Waals surface area contributed by atoms with Gasteiger partial charge in [-0.05, 0) is 49.6 Å². The van der Waals surface area contributed by atoms with Crippen molar-refractivity contribution in [1.82, 2.24) is 30.3 Å². The molecule has 3 N–H and O–H groups in total. The summed E-state index contributed by atoms with van der Waals surface area (Å²) in [7, 11) is 0. The van der Waals surface area contributed by atoms with E-state index in [4.69, 9.17) is 0 Å². The van der Waals surface area contributed by atoms with Crippen LogP contribution >= 0.6 is 0 Å². The number of carbonyl (C=O) groups excluding carboxylic acids is 1. The lowest BCUT2D eigenvalue weighted by atomic mass is 10.2. The number of amides is 2. The summed E-state index contributed by atoms with van der Waals surface area (Å²) < 4.78 is 1.84. The number of urea groups is 1. The molecule has 26 heavy (non-hydrogen) atoms. The lowest BCUT2D eigenvalue weighted by Crippen LogP contribution is -2.30. The Labute approximate surface area is 151 Å². The molecule has 4 rings (SSSR count). The maximum absolute atomic E-state index is 11.9. The van der Waals surface area contributed by atoms with Crippen molar-refractivity contribution in [2.45, 2.75) is 31.7 Å². The van der Waals surface area contributed by atoms with Gasteiger partial charge in [0.15, 0.2) is 5.82 Å². The Morgan fingerprint density at radius 3 is 2.85 bits per heavy atom. The Bertz CT molecular complexity index is 850. The van der Waals surface area contributed by atoms with Crippen molar-refractivity contribution in [1.29, 1.82) is 0 Å². The number of aromatic nitrogens is 5. The van der Waals surface area contributed by atoms with Gasteiger partial charge >= 0.3 is 6.03 Å². The molecule has 1 saturated carbocycles. The van der Waals surface area contributed by atoms with Gasteiger partial charge in [-0.25, -0.2) is 9.78 Å².